The van der Waals surface area contributed by atoms with Crippen LogP contribution in [0.2, 0.25) is 0 Å². The first kappa shape index (κ1) is 13.3. The fraction of sp³-hybridized carbons (Fsp3) is 0.357. The summed E-state index contributed by atoms with van der Waals surface area (Å²) in [5.41, 5.74) is 1.96. The third-order valence-electron chi connectivity index (χ3n) is 2.65. The number of ether oxygens (including phenoxy) is 1. The molecule has 2 aromatic rings. The molecule has 19 heavy (non-hydrogen) atoms. The van der Waals surface area contributed by atoms with Crippen molar-refractivity contribution < 1.29 is 4.74 Å². The molecular weight excluding hydrogens is 240 g/mol. The van der Waals surface area contributed by atoms with Gasteiger partial charge in [0.25, 0.3) is 0 Å². The van der Waals surface area contributed by atoms with Gasteiger partial charge in [-0.15, -0.1) is 0 Å². The van der Waals surface area contributed by atoms with Crippen molar-refractivity contribution in [1.29, 1.82) is 0 Å². The molecule has 0 amide bonds. The second kappa shape index (κ2) is 6.13. The van der Waals surface area contributed by atoms with Crippen LogP contribution in [0, 0.1) is 6.92 Å². The van der Waals surface area contributed by atoms with E-state index in [2.05, 4.69) is 20.3 Å². The molecule has 0 spiro atoms. The molecule has 2 heterocycles. The van der Waals surface area contributed by atoms with Crippen molar-refractivity contribution in [2.75, 3.05) is 11.9 Å². The lowest BCUT2D eigenvalue weighted by atomic mass is 10.1. The molecule has 5 nitrogen and oxygen atoms in total. The van der Waals surface area contributed by atoms with E-state index in [9.17, 15) is 0 Å². The number of pyridine rings is 1. The van der Waals surface area contributed by atoms with Crippen LogP contribution in [0.3, 0.4) is 0 Å². The Labute approximate surface area is 113 Å². The van der Waals surface area contributed by atoms with Crippen LogP contribution in [0.1, 0.15) is 31.1 Å². The van der Waals surface area contributed by atoms with E-state index in [1.165, 1.54) is 0 Å². The summed E-state index contributed by atoms with van der Waals surface area (Å²) >= 11 is 0. The van der Waals surface area contributed by atoms with Crippen LogP contribution >= 0.6 is 0 Å². The van der Waals surface area contributed by atoms with E-state index in [0.717, 1.165) is 11.3 Å². The van der Waals surface area contributed by atoms with Gasteiger partial charge >= 0.3 is 0 Å². The highest BCUT2D eigenvalue weighted by atomic mass is 16.5. The minimum Gasteiger partial charge on any atom is -0.478 e. The molecule has 5 heteroatoms. The molecule has 0 radical (unpaired) electrons. The number of hydrogen-bond donors (Lipinski definition) is 1. The summed E-state index contributed by atoms with van der Waals surface area (Å²) in [6.45, 7) is 6.49. The van der Waals surface area contributed by atoms with E-state index in [1.807, 2.05) is 45.2 Å². The van der Waals surface area contributed by atoms with Gasteiger partial charge in [0.15, 0.2) is 0 Å². The summed E-state index contributed by atoms with van der Waals surface area (Å²) in [7, 11) is 0. The molecule has 100 valence electrons. The zero-order chi connectivity index (χ0) is 13.7. The predicted octanol–water partition coefficient (Wildman–Crippen LogP) is 2.75. The minimum atomic E-state index is 0.0879. The normalized spacial score (nSPS) is 11.9. The molecule has 0 aliphatic rings. The Kier molecular flexibility index (Phi) is 4.28. The Morgan fingerprint density at radius 2 is 2.21 bits per heavy atom. The van der Waals surface area contributed by atoms with Crippen LogP contribution in [-0.4, -0.2) is 21.6 Å². The lowest BCUT2D eigenvalue weighted by Gasteiger charge is -2.14. The zero-order valence-corrected chi connectivity index (χ0v) is 11.4. The monoisotopic (exact) mass is 258 g/mol. The summed E-state index contributed by atoms with van der Waals surface area (Å²) in [5.74, 6) is 1.16. The molecule has 0 saturated carbocycles. The lowest BCUT2D eigenvalue weighted by molar-refractivity contribution is 0.326. The van der Waals surface area contributed by atoms with Crippen molar-refractivity contribution >= 4 is 5.95 Å². The van der Waals surface area contributed by atoms with Gasteiger partial charge in [0.05, 0.1) is 12.6 Å². The topological polar surface area (TPSA) is 59.9 Å². The Hall–Kier alpha value is -2.17. The second-order valence-electron chi connectivity index (χ2n) is 4.26. The Morgan fingerprint density at radius 1 is 1.37 bits per heavy atom. The Balaban J connectivity index is 2.14. The van der Waals surface area contributed by atoms with Crippen LogP contribution in [-0.2, 0) is 0 Å². The molecule has 0 fully saturated rings. The zero-order valence-electron chi connectivity index (χ0n) is 11.4. The molecule has 0 bridgehead atoms. The number of aryl methyl sites for hydroxylation is 1. The van der Waals surface area contributed by atoms with Gasteiger partial charge in [0.2, 0.25) is 11.8 Å². The first-order chi connectivity index (χ1) is 9.19. The summed E-state index contributed by atoms with van der Waals surface area (Å²) in [4.78, 5) is 12.8. The second-order valence-corrected chi connectivity index (χ2v) is 4.26. The Bertz CT molecular complexity index is 530. The minimum absolute atomic E-state index is 0.0879. The standard InChI is InChI=1S/C14H18N4O/c1-4-19-13-8-10(2)16-14(18-13)17-11(3)12-6-5-7-15-9-12/h5-9,11H,4H2,1-3H3,(H,16,17,18). The van der Waals surface area contributed by atoms with Gasteiger partial charge in [-0.2, -0.15) is 4.98 Å². The number of rotatable bonds is 5. The van der Waals surface area contributed by atoms with Crippen molar-refractivity contribution in [3.05, 3.63) is 41.9 Å². The summed E-state index contributed by atoms with van der Waals surface area (Å²) in [5, 5.41) is 3.26. The average molecular weight is 258 g/mol. The van der Waals surface area contributed by atoms with Crippen LogP contribution in [0.15, 0.2) is 30.6 Å². The van der Waals surface area contributed by atoms with Crippen LogP contribution in [0.25, 0.3) is 0 Å². The number of anilines is 1. The van der Waals surface area contributed by atoms with E-state index >= 15 is 0 Å². The summed E-state index contributed by atoms with van der Waals surface area (Å²) in [6.07, 6.45) is 3.59. The van der Waals surface area contributed by atoms with Crippen molar-refractivity contribution in [3.63, 3.8) is 0 Å². The fourth-order valence-electron chi connectivity index (χ4n) is 1.74. The maximum atomic E-state index is 5.41. The highest BCUT2D eigenvalue weighted by molar-refractivity contribution is 5.34. The third kappa shape index (κ3) is 3.64. The molecule has 2 aromatic heterocycles. The molecular formula is C14H18N4O. The SMILES string of the molecule is CCOc1cc(C)nc(NC(C)c2cccnc2)n1. The van der Waals surface area contributed by atoms with Crippen molar-refractivity contribution in [2.24, 2.45) is 0 Å². The van der Waals surface area contributed by atoms with Crippen molar-refractivity contribution in [2.45, 2.75) is 26.8 Å². The van der Waals surface area contributed by atoms with Gasteiger partial charge in [-0.1, -0.05) is 6.07 Å². The van der Waals surface area contributed by atoms with Crippen LogP contribution in [0.5, 0.6) is 5.88 Å². The highest BCUT2D eigenvalue weighted by Gasteiger charge is 2.08. The van der Waals surface area contributed by atoms with E-state index in [0.29, 0.717) is 18.4 Å². The van der Waals surface area contributed by atoms with Gasteiger partial charge in [0, 0.05) is 24.2 Å². The number of aromatic nitrogens is 3. The molecule has 0 aromatic carbocycles. The van der Waals surface area contributed by atoms with Gasteiger partial charge in [0.1, 0.15) is 0 Å². The molecule has 0 saturated heterocycles. The lowest BCUT2D eigenvalue weighted by Crippen LogP contribution is -2.11. The van der Waals surface area contributed by atoms with Crippen LogP contribution in [0.4, 0.5) is 5.95 Å². The van der Waals surface area contributed by atoms with Crippen LogP contribution < -0.4 is 10.1 Å². The summed E-state index contributed by atoms with van der Waals surface area (Å²) in [6, 6.07) is 5.84. The quantitative estimate of drug-likeness (QED) is 0.893. The van der Waals surface area contributed by atoms with Gasteiger partial charge in [-0.25, -0.2) is 4.98 Å². The van der Waals surface area contributed by atoms with Gasteiger partial charge in [-0.05, 0) is 32.4 Å². The first-order valence-corrected chi connectivity index (χ1v) is 6.34. The van der Waals surface area contributed by atoms with Gasteiger partial charge in [-0.3, -0.25) is 4.98 Å². The fourth-order valence-corrected chi connectivity index (χ4v) is 1.74. The van der Waals surface area contributed by atoms with E-state index < -0.39 is 0 Å². The number of nitrogens with zero attached hydrogens (tertiary/aromatic N) is 3. The molecule has 1 unspecified atom stereocenters. The smallest absolute Gasteiger partial charge is 0.226 e. The van der Waals surface area contributed by atoms with E-state index in [4.69, 9.17) is 4.74 Å². The van der Waals surface area contributed by atoms with Gasteiger partial charge < -0.3 is 10.1 Å². The molecule has 0 aliphatic heterocycles. The number of nitrogens with one attached hydrogen (secondary N) is 1. The van der Waals surface area contributed by atoms with E-state index in [-0.39, 0.29) is 6.04 Å². The molecule has 2 rings (SSSR count). The average Bonchev–Trinajstić information content (AvgIpc) is 2.39. The van der Waals surface area contributed by atoms with Crippen molar-refractivity contribution in [1.82, 2.24) is 15.0 Å². The molecule has 1 N–H and O–H groups in total. The maximum Gasteiger partial charge on any atom is 0.226 e. The number of hydrogen-bond acceptors (Lipinski definition) is 5. The predicted molar refractivity (Wildman–Crippen MR) is 74.2 cm³/mol. The summed E-state index contributed by atoms with van der Waals surface area (Å²) < 4.78 is 5.41. The molecule has 1 atom stereocenters. The molecule has 0 aliphatic carbocycles. The van der Waals surface area contributed by atoms with Crippen molar-refractivity contribution in [3.8, 4) is 5.88 Å². The Morgan fingerprint density at radius 3 is 2.89 bits per heavy atom. The maximum absolute atomic E-state index is 5.41. The first-order valence-electron chi connectivity index (χ1n) is 6.34. The third-order valence-corrected chi connectivity index (χ3v) is 2.65. The largest absolute Gasteiger partial charge is 0.478 e. The highest BCUT2D eigenvalue weighted by Crippen LogP contribution is 2.18. The van der Waals surface area contributed by atoms with E-state index in [1.54, 1.807) is 6.20 Å².